The molecule has 3 N–H and O–H groups in total. The molecule has 4 aromatic rings. The van der Waals surface area contributed by atoms with E-state index in [0.717, 1.165) is 13.0 Å². The second kappa shape index (κ2) is 15.6. The Balaban J connectivity index is 1.53. The molecule has 1 aliphatic carbocycles. The second-order valence-electron chi connectivity index (χ2n) is 13.1. The summed E-state index contributed by atoms with van der Waals surface area (Å²) in [7, 11) is 0. The maximum Gasteiger partial charge on any atom is 0.0714 e. The Hall–Kier alpha value is -3.36. The number of anilines is 1. The number of hydrogen-bond donors (Lipinski definition) is 2. The standard InChI is InChI=1S/C42H54N2/c1-4-6-8-10-12-16-28-44-36-22-18-21-35(31-36)42(34-20-17-19-33(30-34)41(43)25-13-11-9-7-5-2)39-24-15-14-23-37(39)38-27-26-32(3)29-40(38)42/h14-15,17-24,26-27,29-31,41,44H,4-13,16,25,28,43H2,1-3H3. The van der Waals surface area contributed by atoms with Gasteiger partial charge in [-0.3, -0.25) is 0 Å². The van der Waals surface area contributed by atoms with Crippen molar-refractivity contribution in [3.63, 3.8) is 0 Å². The lowest BCUT2D eigenvalue weighted by atomic mass is 9.67. The Kier molecular flexibility index (Phi) is 11.3. The first-order valence-electron chi connectivity index (χ1n) is 17.5. The molecule has 2 nitrogen and oxygen atoms in total. The van der Waals surface area contributed by atoms with Gasteiger partial charge in [0, 0.05) is 18.3 Å². The monoisotopic (exact) mass is 586 g/mol. The number of rotatable bonds is 17. The van der Waals surface area contributed by atoms with Crippen LogP contribution in [-0.2, 0) is 5.41 Å². The van der Waals surface area contributed by atoms with E-state index in [1.165, 1.54) is 121 Å². The fraction of sp³-hybridized carbons (Fsp3) is 0.429. The van der Waals surface area contributed by atoms with Crippen molar-refractivity contribution in [1.82, 2.24) is 0 Å². The van der Waals surface area contributed by atoms with Crippen LogP contribution in [0.2, 0.25) is 0 Å². The molecule has 0 saturated carbocycles. The van der Waals surface area contributed by atoms with Gasteiger partial charge in [-0.15, -0.1) is 0 Å². The van der Waals surface area contributed by atoms with Crippen LogP contribution >= 0.6 is 0 Å². The van der Waals surface area contributed by atoms with E-state index in [0.29, 0.717) is 0 Å². The van der Waals surface area contributed by atoms with Crippen molar-refractivity contribution in [2.45, 2.75) is 109 Å². The van der Waals surface area contributed by atoms with Gasteiger partial charge in [-0.2, -0.15) is 0 Å². The van der Waals surface area contributed by atoms with Crippen LogP contribution in [0.1, 0.15) is 130 Å². The molecular weight excluding hydrogens is 532 g/mol. The van der Waals surface area contributed by atoms with Crippen LogP contribution in [0.3, 0.4) is 0 Å². The molecule has 0 bridgehead atoms. The normalized spacial score (nSPS) is 16.0. The van der Waals surface area contributed by atoms with Crippen molar-refractivity contribution in [1.29, 1.82) is 0 Å². The van der Waals surface area contributed by atoms with Crippen molar-refractivity contribution in [3.8, 4) is 11.1 Å². The molecule has 0 saturated heterocycles. The Morgan fingerprint density at radius 2 is 1.27 bits per heavy atom. The van der Waals surface area contributed by atoms with Gasteiger partial charge in [0.25, 0.3) is 0 Å². The molecule has 2 unspecified atom stereocenters. The lowest BCUT2D eigenvalue weighted by Gasteiger charge is -2.35. The summed E-state index contributed by atoms with van der Waals surface area (Å²) in [6.07, 6.45) is 15.2. The third-order valence-electron chi connectivity index (χ3n) is 9.72. The van der Waals surface area contributed by atoms with Crippen molar-refractivity contribution in [3.05, 3.63) is 124 Å². The highest BCUT2D eigenvalue weighted by atomic mass is 14.9. The number of benzene rings is 4. The number of nitrogens with two attached hydrogens (primary N) is 1. The van der Waals surface area contributed by atoms with Crippen LogP contribution in [0.25, 0.3) is 11.1 Å². The second-order valence-corrected chi connectivity index (χ2v) is 13.1. The van der Waals surface area contributed by atoms with E-state index in [4.69, 9.17) is 5.73 Å². The first-order chi connectivity index (χ1) is 21.6. The van der Waals surface area contributed by atoms with E-state index in [-0.39, 0.29) is 6.04 Å². The Morgan fingerprint density at radius 3 is 2.07 bits per heavy atom. The molecule has 0 radical (unpaired) electrons. The summed E-state index contributed by atoms with van der Waals surface area (Å²) in [5.41, 5.74) is 18.2. The van der Waals surface area contributed by atoms with Crippen molar-refractivity contribution in [2.24, 2.45) is 5.73 Å². The summed E-state index contributed by atoms with van der Waals surface area (Å²) >= 11 is 0. The summed E-state index contributed by atoms with van der Waals surface area (Å²) < 4.78 is 0. The Labute approximate surface area is 267 Å². The molecule has 2 atom stereocenters. The predicted octanol–water partition coefficient (Wildman–Crippen LogP) is 11.5. The van der Waals surface area contributed by atoms with Gasteiger partial charge in [0.05, 0.1) is 5.41 Å². The minimum absolute atomic E-state index is 0.0487. The molecule has 1 aliphatic rings. The number of unbranched alkanes of at least 4 members (excludes halogenated alkanes) is 9. The largest absolute Gasteiger partial charge is 0.385 e. The zero-order valence-corrected chi connectivity index (χ0v) is 27.5. The molecule has 4 aromatic carbocycles. The maximum atomic E-state index is 6.89. The Morgan fingerprint density at radius 1 is 0.614 bits per heavy atom. The molecule has 2 heteroatoms. The van der Waals surface area contributed by atoms with Gasteiger partial charge in [-0.05, 0) is 70.8 Å². The summed E-state index contributed by atoms with van der Waals surface area (Å²) in [5.74, 6) is 0. The van der Waals surface area contributed by atoms with Gasteiger partial charge in [-0.25, -0.2) is 0 Å². The van der Waals surface area contributed by atoms with Crippen molar-refractivity contribution < 1.29 is 0 Å². The van der Waals surface area contributed by atoms with Crippen LogP contribution < -0.4 is 11.1 Å². The molecular formula is C42H54N2. The fourth-order valence-corrected chi connectivity index (χ4v) is 7.32. The first kappa shape index (κ1) is 32.0. The van der Waals surface area contributed by atoms with E-state index in [1.807, 2.05) is 0 Å². The SMILES string of the molecule is CCCCCCCCNc1cccc(C2(c3cccc(C(N)CCCCCCC)c3)c3ccccc3-c3ccc(C)cc32)c1. The van der Waals surface area contributed by atoms with Gasteiger partial charge in [-0.1, -0.05) is 162 Å². The van der Waals surface area contributed by atoms with Crippen molar-refractivity contribution >= 4 is 5.69 Å². The maximum absolute atomic E-state index is 6.89. The molecule has 0 aliphatic heterocycles. The Bertz CT molecular complexity index is 1490. The molecule has 5 rings (SSSR count). The first-order valence-corrected chi connectivity index (χ1v) is 17.5. The molecule has 0 heterocycles. The van der Waals surface area contributed by atoms with Crippen LogP contribution in [0.4, 0.5) is 5.69 Å². The zero-order chi connectivity index (χ0) is 30.8. The number of fused-ring (bicyclic) bond motifs is 3. The highest BCUT2D eigenvalue weighted by Crippen LogP contribution is 2.56. The highest BCUT2D eigenvalue weighted by molar-refractivity contribution is 5.86. The molecule has 0 amide bonds. The highest BCUT2D eigenvalue weighted by Gasteiger charge is 2.46. The van der Waals surface area contributed by atoms with Crippen LogP contribution in [-0.4, -0.2) is 6.54 Å². The van der Waals surface area contributed by atoms with Crippen LogP contribution in [0, 0.1) is 6.92 Å². The summed E-state index contributed by atoms with van der Waals surface area (Å²) in [5, 5.41) is 3.77. The minimum atomic E-state index is -0.410. The quantitative estimate of drug-likeness (QED) is 0.106. The fourth-order valence-electron chi connectivity index (χ4n) is 7.32. The van der Waals surface area contributed by atoms with E-state index in [2.05, 4.69) is 117 Å². The van der Waals surface area contributed by atoms with Crippen LogP contribution in [0.15, 0.2) is 91.0 Å². The lowest BCUT2D eigenvalue weighted by molar-refractivity contribution is 0.554. The third kappa shape index (κ3) is 6.97. The number of hydrogen-bond acceptors (Lipinski definition) is 2. The number of aryl methyl sites for hydroxylation is 1. The topological polar surface area (TPSA) is 38.0 Å². The lowest BCUT2D eigenvalue weighted by Crippen LogP contribution is -2.29. The summed E-state index contributed by atoms with van der Waals surface area (Å²) in [6.45, 7) is 7.79. The molecule has 232 valence electrons. The average Bonchev–Trinajstić information content (AvgIpc) is 3.34. The smallest absolute Gasteiger partial charge is 0.0714 e. The molecule has 44 heavy (non-hydrogen) atoms. The van der Waals surface area contributed by atoms with Crippen molar-refractivity contribution in [2.75, 3.05) is 11.9 Å². The van der Waals surface area contributed by atoms with Gasteiger partial charge in [0.2, 0.25) is 0 Å². The van der Waals surface area contributed by atoms with Gasteiger partial charge < -0.3 is 11.1 Å². The molecule has 0 spiro atoms. The van der Waals surface area contributed by atoms with E-state index in [9.17, 15) is 0 Å². The zero-order valence-electron chi connectivity index (χ0n) is 27.5. The van der Waals surface area contributed by atoms with Gasteiger partial charge in [0.1, 0.15) is 0 Å². The number of nitrogens with one attached hydrogen (secondary N) is 1. The van der Waals surface area contributed by atoms with E-state index in [1.54, 1.807) is 0 Å². The average molecular weight is 587 g/mol. The minimum Gasteiger partial charge on any atom is -0.385 e. The molecule has 0 fully saturated rings. The predicted molar refractivity (Wildman–Crippen MR) is 191 cm³/mol. The summed E-state index contributed by atoms with van der Waals surface area (Å²) in [4.78, 5) is 0. The molecule has 0 aromatic heterocycles. The van der Waals surface area contributed by atoms with E-state index < -0.39 is 5.41 Å². The van der Waals surface area contributed by atoms with E-state index >= 15 is 0 Å². The van der Waals surface area contributed by atoms with Crippen LogP contribution in [0.5, 0.6) is 0 Å². The van der Waals surface area contributed by atoms with Gasteiger partial charge in [0.15, 0.2) is 0 Å². The third-order valence-corrected chi connectivity index (χ3v) is 9.72. The van der Waals surface area contributed by atoms with Gasteiger partial charge >= 0.3 is 0 Å². The summed E-state index contributed by atoms with van der Waals surface area (Å²) in [6, 6.07) is 34.6.